The summed E-state index contributed by atoms with van der Waals surface area (Å²) in [5.74, 6) is -2.20. The van der Waals surface area contributed by atoms with Crippen LogP contribution in [-0.4, -0.2) is 37.0 Å². The largest absolute Gasteiger partial charge is 0.368 e. The molecule has 0 radical (unpaired) electrons. The van der Waals surface area contributed by atoms with Crippen molar-refractivity contribution < 1.29 is 13.6 Å². The van der Waals surface area contributed by atoms with Crippen LogP contribution in [-0.2, 0) is 0 Å². The maximum absolute atomic E-state index is 13.7. The maximum Gasteiger partial charge on any atom is 0.259 e. The van der Waals surface area contributed by atoms with Gasteiger partial charge in [0.05, 0.1) is 0 Å². The molecule has 0 bridgehead atoms. The number of halogens is 2. The molecule has 1 heterocycles. The van der Waals surface area contributed by atoms with E-state index in [-0.39, 0.29) is 0 Å². The van der Waals surface area contributed by atoms with E-state index in [0.29, 0.717) is 26.2 Å². The zero-order valence-electron chi connectivity index (χ0n) is 12.0. The van der Waals surface area contributed by atoms with Gasteiger partial charge in [-0.05, 0) is 24.3 Å². The van der Waals surface area contributed by atoms with Crippen LogP contribution >= 0.6 is 0 Å². The second kappa shape index (κ2) is 6.13. The van der Waals surface area contributed by atoms with Crippen LogP contribution in [0.3, 0.4) is 0 Å². The molecule has 1 aliphatic heterocycles. The number of anilines is 1. The van der Waals surface area contributed by atoms with Crippen LogP contribution < -0.4 is 4.90 Å². The first-order chi connectivity index (χ1) is 10.7. The van der Waals surface area contributed by atoms with Crippen LogP contribution in [0.15, 0.2) is 48.5 Å². The summed E-state index contributed by atoms with van der Waals surface area (Å²) >= 11 is 0. The van der Waals surface area contributed by atoms with E-state index in [9.17, 15) is 13.6 Å². The molecule has 1 saturated heterocycles. The van der Waals surface area contributed by atoms with Gasteiger partial charge in [0.1, 0.15) is 17.2 Å². The van der Waals surface area contributed by atoms with Crippen LogP contribution in [0.25, 0.3) is 0 Å². The Kier molecular flexibility index (Phi) is 4.04. The van der Waals surface area contributed by atoms with E-state index in [4.69, 9.17) is 0 Å². The first kappa shape index (κ1) is 14.5. The van der Waals surface area contributed by atoms with Crippen LogP contribution in [0.4, 0.5) is 14.5 Å². The number of rotatable bonds is 2. The Bertz CT molecular complexity index is 647. The lowest BCUT2D eigenvalue weighted by Crippen LogP contribution is -2.49. The molecule has 1 fully saturated rings. The lowest BCUT2D eigenvalue weighted by molar-refractivity contribution is 0.0737. The third-order valence-electron chi connectivity index (χ3n) is 3.86. The normalized spacial score (nSPS) is 15.0. The molecule has 3 rings (SSSR count). The predicted molar refractivity (Wildman–Crippen MR) is 80.9 cm³/mol. The van der Waals surface area contributed by atoms with Gasteiger partial charge in [-0.15, -0.1) is 0 Å². The van der Waals surface area contributed by atoms with Crippen molar-refractivity contribution in [3.63, 3.8) is 0 Å². The SMILES string of the molecule is O=C(c1c(F)cccc1F)N1CCN(c2ccccc2)CC1. The van der Waals surface area contributed by atoms with Crippen LogP contribution in [0.1, 0.15) is 10.4 Å². The quantitative estimate of drug-likeness (QED) is 0.851. The lowest BCUT2D eigenvalue weighted by atomic mass is 10.1. The smallest absolute Gasteiger partial charge is 0.259 e. The fourth-order valence-corrected chi connectivity index (χ4v) is 2.67. The Labute approximate surface area is 127 Å². The number of hydrogen-bond donors (Lipinski definition) is 0. The number of piperazine rings is 1. The van der Waals surface area contributed by atoms with Gasteiger partial charge in [-0.25, -0.2) is 8.78 Å². The molecule has 2 aromatic rings. The van der Waals surface area contributed by atoms with Gasteiger partial charge in [0.2, 0.25) is 0 Å². The standard InChI is InChI=1S/C17H16F2N2O/c18-14-7-4-8-15(19)16(14)17(22)21-11-9-20(10-12-21)13-5-2-1-3-6-13/h1-8H,9-12H2. The molecule has 0 aliphatic carbocycles. The molecule has 5 heteroatoms. The number of amides is 1. The van der Waals surface area contributed by atoms with Crippen molar-refractivity contribution in [2.24, 2.45) is 0 Å². The first-order valence-corrected chi connectivity index (χ1v) is 7.20. The number of carbonyl (C=O) groups is 1. The average molecular weight is 302 g/mol. The summed E-state index contributed by atoms with van der Waals surface area (Å²) in [6, 6.07) is 13.4. The van der Waals surface area contributed by atoms with E-state index in [0.717, 1.165) is 17.8 Å². The summed E-state index contributed by atoms with van der Waals surface area (Å²) in [5, 5.41) is 0. The summed E-state index contributed by atoms with van der Waals surface area (Å²) in [7, 11) is 0. The van der Waals surface area contributed by atoms with E-state index in [1.807, 2.05) is 30.3 Å². The number of carbonyl (C=O) groups excluding carboxylic acids is 1. The van der Waals surface area contributed by atoms with Crippen molar-refractivity contribution in [3.05, 3.63) is 65.7 Å². The van der Waals surface area contributed by atoms with Crippen molar-refractivity contribution in [1.29, 1.82) is 0 Å². The summed E-state index contributed by atoms with van der Waals surface area (Å²) < 4.78 is 27.4. The highest BCUT2D eigenvalue weighted by Gasteiger charge is 2.26. The highest BCUT2D eigenvalue weighted by molar-refractivity contribution is 5.95. The van der Waals surface area contributed by atoms with Gasteiger partial charge < -0.3 is 9.80 Å². The molecule has 22 heavy (non-hydrogen) atoms. The predicted octanol–water partition coefficient (Wildman–Crippen LogP) is 2.93. The molecule has 0 unspecified atom stereocenters. The van der Waals surface area contributed by atoms with E-state index in [2.05, 4.69) is 4.90 Å². The van der Waals surface area contributed by atoms with Gasteiger partial charge in [0.15, 0.2) is 0 Å². The first-order valence-electron chi connectivity index (χ1n) is 7.20. The summed E-state index contributed by atoms with van der Waals surface area (Å²) in [4.78, 5) is 16.0. The fourth-order valence-electron chi connectivity index (χ4n) is 2.67. The number of nitrogens with zero attached hydrogens (tertiary/aromatic N) is 2. The van der Waals surface area contributed by atoms with Gasteiger partial charge in [0, 0.05) is 31.9 Å². The van der Waals surface area contributed by atoms with E-state index < -0.39 is 23.1 Å². The van der Waals surface area contributed by atoms with E-state index in [1.165, 1.54) is 11.0 Å². The molecule has 0 spiro atoms. The van der Waals surface area contributed by atoms with E-state index >= 15 is 0 Å². The van der Waals surface area contributed by atoms with Gasteiger partial charge in [-0.2, -0.15) is 0 Å². The minimum absolute atomic E-state index is 0.446. The number of hydrogen-bond acceptors (Lipinski definition) is 2. The topological polar surface area (TPSA) is 23.6 Å². The lowest BCUT2D eigenvalue weighted by Gasteiger charge is -2.36. The molecule has 0 aromatic heterocycles. The van der Waals surface area contributed by atoms with Crippen LogP contribution in [0, 0.1) is 11.6 Å². The molecule has 1 amide bonds. The Morgan fingerprint density at radius 2 is 1.41 bits per heavy atom. The Morgan fingerprint density at radius 1 is 0.818 bits per heavy atom. The second-order valence-corrected chi connectivity index (χ2v) is 5.21. The van der Waals surface area contributed by atoms with Crippen molar-refractivity contribution in [2.45, 2.75) is 0 Å². The minimum atomic E-state index is -0.810. The van der Waals surface area contributed by atoms with Crippen LogP contribution in [0.2, 0.25) is 0 Å². The maximum atomic E-state index is 13.7. The Hall–Kier alpha value is -2.43. The van der Waals surface area contributed by atoms with Crippen molar-refractivity contribution in [3.8, 4) is 0 Å². The highest BCUT2D eigenvalue weighted by atomic mass is 19.1. The van der Waals surface area contributed by atoms with Crippen molar-refractivity contribution >= 4 is 11.6 Å². The summed E-state index contributed by atoms with van der Waals surface area (Å²) in [6.45, 7) is 2.18. The third kappa shape index (κ3) is 2.79. The van der Waals surface area contributed by atoms with Gasteiger partial charge in [-0.3, -0.25) is 4.79 Å². The second-order valence-electron chi connectivity index (χ2n) is 5.21. The monoisotopic (exact) mass is 302 g/mol. The Morgan fingerprint density at radius 3 is 2.00 bits per heavy atom. The molecule has 1 aliphatic rings. The van der Waals surface area contributed by atoms with Gasteiger partial charge in [0.25, 0.3) is 5.91 Å². The van der Waals surface area contributed by atoms with Crippen molar-refractivity contribution in [2.75, 3.05) is 31.1 Å². The molecule has 0 atom stereocenters. The molecule has 0 N–H and O–H groups in total. The molecule has 2 aromatic carbocycles. The third-order valence-corrected chi connectivity index (χ3v) is 3.86. The molecular weight excluding hydrogens is 286 g/mol. The van der Waals surface area contributed by atoms with Crippen molar-refractivity contribution in [1.82, 2.24) is 4.90 Å². The average Bonchev–Trinajstić information content (AvgIpc) is 2.55. The Balaban J connectivity index is 1.70. The number of benzene rings is 2. The van der Waals surface area contributed by atoms with Gasteiger partial charge in [-0.1, -0.05) is 24.3 Å². The zero-order chi connectivity index (χ0) is 15.5. The molecule has 3 nitrogen and oxygen atoms in total. The molecular formula is C17H16F2N2O. The zero-order valence-corrected chi connectivity index (χ0v) is 12.0. The molecule has 114 valence electrons. The summed E-state index contributed by atoms with van der Waals surface area (Å²) in [6.07, 6.45) is 0. The molecule has 0 saturated carbocycles. The number of para-hydroxylation sites is 1. The van der Waals surface area contributed by atoms with Crippen LogP contribution in [0.5, 0.6) is 0 Å². The fraction of sp³-hybridized carbons (Fsp3) is 0.235. The minimum Gasteiger partial charge on any atom is -0.368 e. The van der Waals surface area contributed by atoms with Gasteiger partial charge >= 0.3 is 0 Å². The van der Waals surface area contributed by atoms with E-state index in [1.54, 1.807) is 0 Å². The highest BCUT2D eigenvalue weighted by Crippen LogP contribution is 2.19. The summed E-state index contributed by atoms with van der Waals surface area (Å²) in [5.41, 5.74) is 0.627.